The van der Waals surface area contributed by atoms with Crippen molar-refractivity contribution in [3.05, 3.63) is 191 Å². The van der Waals surface area contributed by atoms with Gasteiger partial charge in [-0.15, -0.1) is 0 Å². The number of para-hydroxylation sites is 1. The molecule has 2 aliphatic rings. The Kier molecular flexibility index (Phi) is 7.18. The zero-order chi connectivity index (χ0) is 32.0. The third kappa shape index (κ3) is 4.82. The summed E-state index contributed by atoms with van der Waals surface area (Å²) in [5.41, 5.74) is 11.6. The van der Waals surface area contributed by atoms with E-state index in [9.17, 15) is 0 Å². The Morgan fingerprint density at radius 3 is 1.77 bits per heavy atom. The standard InChI is InChI=1S/C45H41N2/c1-44(30-33-17-7-4-8-18-33)38-25-15-16-26-39(38)46(2)41(44)29-42-45(31-34-19-9-5-10-20-34,32-35-21-11-6-12-22-35)43-37-24-14-13-23-36(37)27-28-40(43)47(42)3/h4-29H,30-32H2,1-3H3/q+1. The van der Waals surface area contributed by atoms with Crippen LogP contribution < -0.4 is 4.90 Å². The van der Waals surface area contributed by atoms with E-state index in [-0.39, 0.29) is 10.8 Å². The lowest BCUT2D eigenvalue weighted by Gasteiger charge is -2.32. The van der Waals surface area contributed by atoms with E-state index in [0.717, 1.165) is 19.3 Å². The largest absolute Gasteiger partial charge is 0.347 e. The van der Waals surface area contributed by atoms with E-state index in [1.165, 1.54) is 61.4 Å². The summed E-state index contributed by atoms with van der Waals surface area (Å²) in [6, 6.07) is 55.8. The molecule has 0 saturated heterocycles. The molecule has 2 aliphatic heterocycles. The number of hydrogen-bond acceptors (Lipinski definition) is 1. The first kappa shape index (κ1) is 29.2. The maximum Gasteiger partial charge on any atom is 0.210 e. The highest BCUT2D eigenvalue weighted by molar-refractivity contribution is 6.09. The van der Waals surface area contributed by atoms with Gasteiger partial charge in [0.05, 0.1) is 5.41 Å². The van der Waals surface area contributed by atoms with Gasteiger partial charge in [0, 0.05) is 41.6 Å². The fourth-order valence-corrected chi connectivity index (χ4v) is 8.61. The van der Waals surface area contributed by atoms with E-state index in [1.54, 1.807) is 0 Å². The Morgan fingerprint density at radius 1 is 0.596 bits per heavy atom. The smallest absolute Gasteiger partial charge is 0.210 e. The van der Waals surface area contributed by atoms with Crippen LogP contribution in [0.15, 0.2) is 163 Å². The molecule has 2 heterocycles. The number of anilines is 1. The van der Waals surface area contributed by atoms with Crippen LogP contribution in [0.5, 0.6) is 0 Å². The van der Waals surface area contributed by atoms with Gasteiger partial charge in [-0.3, -0.25) is 0 Å². The minimum absolute atomic E-state index is 0.206. The molecular weight excluding hydrogens is 569 g/mol. The van der Waals surface area contributed by atoms with E-state index in [1.807, 2.05) is 0 Å². The molecule has 2 nitrogen and oxygen atoms in total. The van der Waals surface area contributed by atoms with Crippen molar-refractivity contribution >= 4 is 27.9 Å². The third-order valence-electron chi connectivity index (χ3n) is 10.8. The Bertz CT molecular complexity index is 2100. The fraction of sp³-hybridized carbons (Fsp3) is 0.178. The fourth-order valence-electron chi connectivity index (χ4n) is 8.61. The van der Waals surface area contributed by atoms with Gasteiger partial charge in [0.15, 0.2) is 5.71 Å². The molecule has 6 aromatic rings. The van der Waals surface area contributed by atoms with Gasteiger partial charge >= 0.3 is 0 Å². The van der Waals surface area contributed by atoms with Crippen molar-refractivity contribution in [3.8, 4) is 0 Å². The van der Waals surface area contributed by atoms with Crippen molar-refractivity contribution in [1.29, 1.82) is 0 Å². The van der Waals surface area contributed by atoms with E-state index in [2.05, 4.69) is 188 Å². The molecule has 0 fully saturated rings. The van der Waals surface area contributed by atoms with E-state index in [0.29, 0.717) is 0 Å². The van der Waals surface area contributed by atoms with E-state index in [4.69, 9.17) is 0 Å². The highest BCUT2D eigenvalue weighted by Crippen LogP contribution is 2.52. The minimum Gasteiger partial charge on any atom is -0.347 e. The molecule has 1 atom stereocenters. The van der Waals surface area contributed by atoms with Crippen molar-refractivity contribution in [2.75, 3.05) is 19.0 Å². The van der Waals surface area contributed by atoms with Crippen LogP contribution in [0.3, 0.4) is 0 Å². The second kappa shape index (κ2) is 11.5. The predicted octanol–water partition coefficient (Wildman–Crippen LogP) is 9.83. The zero-order valence-corrected chi connectivity index (χ0v) is 27.5. The van der Waals surface area contributed by atoms with Crippen LogP contribution in [0.25, 0.3) is 10.8 Å². The van der Waals surface area contributed by atoms with Gasteiger partial charge in [-0.05, 0) is 71.3 Å². The van der Waals surface area contributed by atoms with Crippen LogP contribution >= 0.6 is 0 Å². The molecule has 0 aliphatic carbocycles. The second-order valence-corrected chi connectivity index (χ2v) is 13.6. The molecule has 2 heteroatoms. The van der Waals surface area contributed by atoms with Crippen molar-refractivity contribution < 1.29 is 4.58 Å². The van der Waals surface area contributed by atoms with Gasteiger partial charge in [0.25, 0.3) is 0 Å². The van der Waals surface area contributed by atoms with Crippen molar-refractivity contribution in [2.45, 2.75) is 37.0 Å². The quantitative estimate of drug-likeness (QED) is 0.163. The lowest BCUT2D eigenvalue weighted by molar-refractivity contribution is -0.401. The first-order valence-electron chi connectivity index (χ1n) is 16.8. The lowest BCUT2D eigenvalue weighted by Crippen LogP contribution is -2.40. The van der Waals surface area contributed by atoms with Gasteiger partial charge in [-0.1, -0.05) is 133 Å². The van der Waals surface area contributed by atoms with Crippen LogP contribution in [0.1, 0.15) is 34.7 Å². The number of fused-ring (bicyclic) bond motifs is 4. The summed E-state index contributed by atoms with van der Waals surface area (Å²) in [4.78, 5) is 2.45. The number of likely N-dealkylation sites (N-methyl/N-ethyl adjacent to an activating group) is 1. The molecule has 0 radical (unpaired) electrons. The molecule has 0 aromatic heterocycles. The molecule has 8 rings (SSSR count). The number of allylic oxidation sites excluding steroid dienone is 2. The monoisotopic (exact) mass is 609 g/mol. The van der Waals surface area contributed by atoms with Gasteiger partial charge in [-0.2, -0.15) is 4.58 Å². The van der Waals surface area contributed by atoms with Gasteiger partial charge < -0.3 is 4.90 Å². The van der Waals surface area contributed by atoms with E-state index >= 15 is 0 Å². The maximum absolute atomic E-state index is 2.57. The molecule has 6 aromatic carbocycles. The molecular formula is C45H41N2+. The van der Waals surface area contributed by atoms with Crippen molar-refractivity contribution in [2.24, 2.45) is 0 Å². The van der Waals surface area contributed by atoms with Crippen LogP contribution in [0.4, 0.5) is 11.4 Å². The third-order valence-corrected chi connectivity index (χ3v) is 10.8. The first-order chi connectivity index (χ1) is 23.0. The highest BCUT2D eigenvalue weighted by atomic mass is 15.2. The Hall–Kier alpha value is -5.21. The summed E-state index contributed by atoms with van der Waals surface area (Å²) in [5, 5.41) is 2.63. The SMILES string of the molecule is CN1/C(=C/C2=[N+](C)c3ccc4ccccc4c3C2(Cc2ccccc2)Cc2ccccc2)C(C)(Cc2ccccc2)c2ccccc21. The number of nitrogens with zero attached hydrogens (tertiary/aromatic N) is 2. The zero-order valence-electron chi connectivity index (χ0n) is 27.5. The van der Waals surface area contributed by atoms with Crippen molar-refractivity contribution in [1.82, 2.24) is 0 Å². The predicted molar refractivity (Wildman–Crippen MR) is 197 cm³/mol. The number of rotatable bonds is 7. The molecule has 1 unspecified atom stereocenters. The summed E-state index contributed by atoms with van der Waals surface area (Å²) >= 11 is 0. The normalized spacial score (nSPS) is 19.0. The summed E-state index contributed by atoms with van der Waals surface area (Å²) in [7, 11) is 4.55. The molecule has 0 saturated carbocycles. The Labute approximate surface area is 279 Å². The van der Waals surface area contributed by atoms with Crippen LogP contribution in [0, 0.1) is 0 Å². The van der Waals surface area contributed by atoms with Crippen LogP contribution in [0.2, 0.25) is 0 Å². The van der Waals surface area contributed by atoms with Gasteiger partial charge in [-0.25, -0.2) is 0 Å². The summed E-state index contributed by atoms with van der Waals surface area (Å²) in [5.74, 6) is 0. The molecule has 0 bridgehead atoms. The van der Waals surface area contributed by atoms with Crippen LogP contribution in [-0.2, 0) is 30.1 Å². The average molecular weight is 610 g/mol. The first-order valence-corrected chi connectivity index (χ1v) is 16.8. The molecule has 230 valence electrons. The number of benzene rings is 6. The summed E-state index contributed by atoms with van der Waals surface area (Å²) in [6.45, 7) is 2.45. The molecule has 0 amide bonds. The van der Waals surface area contributed by atoms with Crippen LogP contribution in [-0.4, -0.2) is 24.4 Å². The topological polar surface area (TPSA) is 6.25 Å². The van der Waals surface area contributed by atoms with Gasteiger partial charge in [0.1, 0.15) is 7.05 Å². The van der Waals surface area contributed by atoms with Crippen molar-refractivity contribution in [3.63, 3.8) is 0 Å². The van der Waals surface area contributed by atoms with E-state index < -0.39 is 0 Å². The lowest BCUT2D eigenvalue weighted by atomic mass is 9.67. The summed E-state index contributed by atoms with van der Waals surface area (Å²) < 4.78 is 2.50. The molecule has 0 spiro atoms. The highest BCUT2D eigenvalue weighted by Gasteiger charge is 2.53. The average Bonchev–Trinajstić information content (AvgIpc) is 3.46. The van der Waals surface area contributed by atoms with Gasteiger partial charge in [0.2, 0.25) is 5.69 Å². The molecule has 0 N–H and O–H groups in total. The summed E-state index contributed by atoms with van der Waals surface area (Å²) in [6.07, 6.45) is 5.31. The maximum atomic E-state index is 2.57. The Balaban J connectivity index is 1.41. The minimum atomic E-state index is -0.302. The number of hydrogen-bond donors (Lipinski definition) is 0. The Morgan fingerprint density at radius 2 is 1.13 bits per heavy atom. The molecule has 47 heavy (non-hydrogen) atoms. The second-order valence-electron chi connectivity index (χ2n) is 13.6.